The molecule has 1 saturated carbocycles. The van der Waals surface area contributed by atoms with Crippen LogP contribution in [0.3, 0.4) is 0 Å². The minimum Gasteiger partial charge on any atom is -0.351 e. The summed E-state index contributed by atoms with van der Waals surface area (Å²) in [5, 5.41) is 3.32. The number of aryl methyl sites for hydroxylation is 1. The lowest BCUT2D eigenvalue weighted by molar-refractivity contribution is -0.133. The van der Waals surface area contributed by atoms with Crippen molar-refractivity contribution in [2.24, 2.45) is 0 Å². The Morgan fingerprint density at radius 2 is 1.93 bits per heavy atom. The molecular weight excluding hydrogens is 382 g/mol. The first-order valence-electron chi connectivity index (χ1n) is 11.2. The van der Waals surface area contributed by atoms with Crippen molar-refractivity contribution in [1.82, 2.24) is 14.8 Å². The van der Waals surface area contributed by atoms with Crippen molar-refractivity contribution in [3.8, 4) is 0 Å². The highest BCUT2D eigenvalue weighted by atomic mass is 32.1. The SMILES string of the molecule is CCCN1C(=O)c2cc3sc(CC)cc3n2CC1(C)C(=O)NC1CCCCCC1. The zero-order valence-electron chi connectivity index (χ0n) is 17.9. The van der Waals surface area contributed by atoms with E-state index in [1.165, 1.54) is 30.6 Å². The van der Waals surface area contributed by atoms with Crippen molar-refractivity contribution >= 4 is 33.4 Å². The molecule has 0 spiro atoms. The summed E-state index contributed by atoms with van der Waals surface area (Å²) in [5.74, 6) is -0.0114. The molecule has 29 heavy (non-hydrogen) atoms. The Morgan fingerprint density at radius 3 is 2.59 bits per heavy atom. The third-order valence-corrected chi connectivity index (χ3v) is 7.86. The molecule has 0 aromatic carbocycles. The van der Waals surface area contributed by atoms with Crippen LogP contribution in [0, 0.1) is 0 Å². The van der Waals surface area contributed by atoms with E-state index in [2.05, 4.69) is 29.8 Å². The van der Waals surface area contributed by atoms with E-state index >= 15 is 0 Å². The predicted molar refractivity (Wildman–Crippen MR) is 119 cm³/mol. The monoisotopic (exact) mass is 415 g/mol. The Morgan fingerprint density at radius 1 is 1.21 bits per heavy atom. The van der Waals surface area contributed by atoms with Gasteiger partial charge in [0.2, 0.25) is 5.91 Å². The maximum absolute atomic E-state index is 13.5. The molecule has 0 saturated heterocycles. The van der Waals surface area contributed by atoms with E-state index in [1.807, 2.05) is 17.9 Å². The zero-order valence-corrected chi connectivity index (χ0v) is 18.7. The molecule has 2 aromatic rings. The van der Waals surface area contributed by atoms with Crippen LogP contribution in [-0.4, -0.2) is 39.4 Å². The molecule has 4 rings (SSSR count). The number of hydrogen-bond acceptors (Lipinski definition) is 3. The lowest BCUT2D eigenvalue weighted by Crippen LogP contribution is -2.65. The second-order valence-corrected chi connectivity index (χ2v) is 9.99. The van der Waals surface area contributed by atoms with Gasteiger partial charge in [-0.1, -0.05) is 39.5 Å². The number of carbonyl (C=O) groups excluding carboxylic acids is 2. The van der Waals surface area contributed by atoms with Crippen molar-refractivity contribution in [2.45, 2.75) is 90.3 Å². The largest absolute Gasteiger partial charge is 0.351 e. The van der Waals surface area contributed by atoms with Gasteiger partial charge in [0.25, 0.3) is 5.91 Å². The van der Waals surface area contributed by atoms with Crippen LogP contribution >= 0.6 is 11.3 Å². The summed E-state index contributed by atoms with van der Waals surface area (Å²) in [4.78, 5) is 30.1. The smallest absolute Gasteiger partial charge is 0.271 e. The van der Waals surface area contributed by atoms with E-state index in [1.54, 1.807) is 11.3 Å². The van der Waals surface area contributed by atoms with Crippen molar-refractivity contribution in [1.29, 1.82) is 0 Å². The van der Waals surface area contributed by atoms with Gasteiger partial charge in [0.05, 0.1) is 16.8 Å². The fourth-order valence-electron chi connectivity index (χ4n) is 4.90. The Labute approximate surface area is 177 Å². The van der Waals surface area contributed by atoms with E-state index in [0.29, 0.717) is 13.1 Å². The maximum Gasteiger partial charge on any atom is 0.271 e. The number of rotatable bonds is 5. The van der Waals surface area contributed by atoms with Crippen LogP contribution in [0.1, 0.15) is 81.1 Å². The standard InChI is InChI=1S/C23H33N3O2S/c1-4-12-26-21(27)19-14-20-18(13-17(5-2)29-20)25(19)15-23(26,3)22(28)24-16-10-8-6-7-9-11-16/h13-14,16H,4-12,15H2,1-3H3,(H,24,28). The normalized spacial score (nSPS) is 23.3. The van der Waals surface area contributed by atoms with Crippen LogP contribution in [0.25, 0.3) is 10.2 Å². The fraction of sp³-hybridized carbons (Fsp3) is 0.652. The van der Waals surface area contributed by atoms with Gasteiger partial charge in [-0.15, -0.1) is 11.3 Å². The van der Waals surface area contributed by atoms with Crippen molar-refractivity contribution in [2.75, 3.05) is 6.54 Å². The summed E-state index contributed by atoms with van der Waals surface area (Å²) >= 11 is 1.75. The molecule has 1 N–H and O–H groups in total. The van der Waals surface area contributed by atoms with Gasteiger partial charge in [0.15, 0.2) is 0 Å². The summed E-state index contributed by atoms with van der Waals surface area (Å²) in [6.07, 6.45) is 8.79. The average molecular weight is 416 g/mol. The summed E-state index contributed by atoms with van der Waals surface area (Å²) in [7, 11) is 0. The number of nitrogens with zero attached hydrogens (tertiary/aromatic N) is 2. The number of fused-ring (bicyclic) bond motifs is 3. The first-order valence-corrected chi connectivity index (χ1v) is 12.0. The van der Waals surface area contributed by atoms with Gasteiger partial charge in [0, 0.05) is 17.5 Å². The van der Waals surface area contributed by atoms with Gasteiger partial charge in [-0.2, -0.15) is 0 Å². The molecule has 0 radical (unpaired) electrons. The van der Waals surface area contributed by atoms with Gasteiger partial charge in [0.1, 0.15) is 11.2 Å². The van der Waals surface area contributed by atoms with E-state index < -0.39 is 5.54 Å². The molecule has 1 fully saturated rings. The molecule has 6 heteroatoms. The number of aromatic nitrogens is 1. The third-order valence-electron chi connectivity index (χ3n) is 6.64. The zero-order chi connectivity index (χ0) is 20.6. The Hall–Kier alpha value is -1.82. The van der Waals surface area contributed by atoms with Crippen LogP contribution in [0.5, 0.6) is 0 Å². The summed E-state index contributed by atoms with van der Waals surface area (Å²) in [6.45, 7) is 7.30. The molecule has 5 nitrogen and oxygen atoms in total. The van der Waals surface area contributed by atoms with Crippen molar-refractivity contribution in [3.63, 3.8) is 0 Å². The Bertz CT molecular complexity index is 907. The van der Waals surface area contributed by atoms with Crippen LogP contribution in [-0.2, 0) is 17.8 Å². The van der Waals surface area contributed by atoms with Gasteiger partial charge in [-0.25, -0.2) is 0 Å². The lowest BCUT2D eigenvalue weighted by atomic mass is 9.93. The number of hydrogen-bond donors (Lipinski definition) is 1. The molecule has 0 bridgehead atoms. The molecule has 2 amide bonds. The molecule has 158 valence electrons. The molecule has 1 aliphatic heterocycles. The quantitative estimate of drug-likeness (QED) is 0.718. The second kappa shape index (κ2) is 8.13. The minimum absolute atomic E-state index is 0.00430. The number of carbonyl (C=O) groups is 2. The van der Waals surface area contributed by atoms with Crippen LogP contribution < -0.4 is 5.32 Å². The maximum atomic E-state index is 13.5. The second-order valence-electron chi connectivity index (χ2n) is 8.82. The highest BCUT2D eigenvalue weighted by Gasteiger charge is 2.47. The van der Waals surface area contributed by atoms with E-state index in [0.717, 1.165) is 41.6 Å². The van der Waals surface area contributed by atoms with Crippen LogP contribution in [0.15, 0.2) is 12.1 Å². The highest BCUT2D eigenvalue weighted by Crippen LogP contribution is 2.36. The molecular formula is C23H33N3O2S. The molecule has 2 aromatic heterocycles. The first-order chi connectivity index (χ1) is 14.0. The minimum atomic E-state index is -0.855. The van der Waals surface area contributed by atoms with Crippen molar-refractivity contribution < 1.29 is 9.59 Å². The first kappa shape index (κ1) is 20.5. The number of nitrogens with one attached hydrogen (secondary N) is 1. The topological polar surface area (TPSA) is 54.3 Å². The summed E-state index contributed by atoms with van der Waals surface area (Å²) in [5.41, 5.74) is 0.967. The summed E-state index contributed by atoms with van der Waals surface area (Å²) < 4.78 is 3.24. The van der Waals surface area contributed by atoms with Gasteiger partial charge < -0.3 is 14.8 Å². The Balaban J connectivity index is 1.68. The molecule has 1 unspecified atom stereocenters. The van der Waals surface area contributed by atoms with E-state index in [-0.39, 0.29) is 17.9 Å². The van der Waals surface area contributed by atoms with Gasteiger partial charge in [-0.05, 0) is 44.7 Å². The molecule has 3 heterocycles. The lowest BCUT2D eigenvalue weighted by Gasteiger charge is -2.44. The predicted octanol–water partition coefficient (Wildman–Crippen LogP) is 4.73. The van der Waals surface area contributed by atoms with Crippen LogP contribution in [0.4, 0.5) is 0 Å². The third kappa shape index (κ3) is 3.60. The molecule has 2 aliphatic rings. The molecule has 1 aliphatic carbocycles. The van der Waals surface area contributed by atoms with E-state index in [9.17, 15) is 9.59 Å². The van der Waals surface area contributed by atoms with Crippen molar-refractivity contribution in [3.05, 3.63) is 22.7 Å². The highest BCUT2D eigenvalue weighted by molar-refractivity contribution is 7.19. The number of thiophene rings is 1. The fourth-order valence-corrected chi connectivity index (χ4v) is 5.94. The van der Waals surface area contributed by atoms with Gasteiger partial charge >= 0.3 is 0 Å². The number of amides is 2. The summed E-state index contributed by atoms with van der Waals surface area (Å²) in [6, 6.07) is 4.45. The van der Waals surface area contributed by atoms with E-state index in [4.69, 9.17) is 0 Å². The average Bonchev–Trinajstić information content (AvgIpc) is 3.14. The Kier molecular flexibility index (Phi) is 5.74. The van der Waals surface area contributed by atoms with Crippen LogP contribution in [0.2, 0.25) is 0 Å². The molecule has 1 atom stereocenters. The van der Waals surface area contributed by atoms with Gasteiger partial charge in [-0.3, -0.25) is 9.59 Å².